The summed E-state index contributed by atoms with van der Waals surface area (Å²) in [6.45, 7) is 3.72. The molecule has 0 spiro atoms. The summed E-state index contributed by atoms with van der Waals surface area (Å²) in [6, 6.07) is 15.1. The number of benzene rings is 2. The van der Waals surface area contributed by atoms with Gasteiger partial charge in [0.1, 0.15) is 11.5 Å². The maximum absolute atomic E-state index is 5.80. The second kappa shape index (κ2) is 10.8. The number of hydrazone groups is 1. The molecule has 0 bridgehead atoms. The summed E-state index contributed by atoms with van der Waals surface area (Å²) >= 11 is 0. The fraction of sp³-hybridized carbons (Fsp3) is 0.211. The van der Waals surface area contributed by atoms with E-state index in [0.717, 1.165) is 34.0 Å². The topological polar surface area (TPSA) is 93.6 Å². The predicted molar refractivity (Wildman–Crippen MR) is 112 cm³/mol. The Balaban J connectivity index is 0.00000364. The van der Waals surface area contributed by atoms with Crippen molar-refractivity contribution in [2.24, 2.45) is 21.0 Å². The molecule has 0 unspecified atom stereocenters. The van der Waals surface area contributed by atoms with E-state index in [2.05, 4.69) is 20.7 Å². The van der Waals surface area contributed by atoms with E-state index in [4.69, 9.17) is 15.2 Å². The van der Waals surface area contributed by atoms with Crippen LogP contribution in [0.4, 0.5) is 0 Å². The molecule has 0 aliphatic heterocycles. The Morgan fingerprint density at radius 2 is 1.22 bits per heavy atom. The largest absolute Gasteiger partial charge is 0.497 e. The lowest BCUT2D eigenvalue weighted by atomic mass is 10.1. The van der Waals surface area contributed by atoms with Crippen LogP contribution in [0.15, 0.2) is 63.8 Å². The van der Waals surface area contributed by atoms with Crippen LogP contribution in [0.1, 0.15) is 25.0 Å². The minimum absolute atomic E-state index is 0. The maximum atomic E-state index is 5.80. The normalized spacial score (nSPS) is 12.2. The van der Waals surface area contributed by atoms with Crippen LogP contribution in [0.2, 0.25) is 0 Å². The number of halogens is 1. The van der Waals surface area contributed by atoms with Gasteiger partial charge in [-0.1, -0.05) is 0 Å². The highest BCUT2D eigenvalue weighted by Gasteiger charge is 2.00. The fourth-order valence-corrected chi connectivity index (χ4v) is 2.08. The summed E-state index contributed by atoms with van der Waals surface area (Å²) in [5, 5.41) is 12.3. The molecule has 0 aliphatic rings. The van der Waals surface area contributed by atoms with Crippen LogP contribution < -0.4 is 20.6 Å². The number of hydrogen-bond donors (Lipinski definition) is 2. The van der Waals surface area contributed by atoms with Crippen molar-refractivity contribution in [3.8, 4) is 11.5 Å². The van der Waals surface area contributed by atoms with Gasteiger partial charge in [0.25, 0.3) is 0 Å². The van der Waals surface area contributed by atoms with Crippen LogP contribution in [0, 0.1) is 0 Å². The third-order valence-corrected chi connectivity index (χ3v) is 3.66. The van der Waals surface area contributed by atoms with Gasteiger partial charge in [-0.2, -0.15) is 10.2 Å². The number of rotatable bonds is 6. The molecule has 7 nitrogen and oxygen atoms in total. The molecule has 144 valence electrons. The Morgan fingerprint density at radius 3 is 1.67 bits per heavy atom. The maximum Gasteiger partial charge on any atom is 0.234 e. The highest BCUT2D eigenvalue weighted by Crippen LogP contribution is 2.12. The standard InChI is InChI=1S/C19H23N5O2.ClH/c1-13(15-5-9-17(25-3)10-6-15)21-23-19(20)24-22-14(2)16-7-11-18(26-4)12-8-16;/h5-12H,1-4H3,(H3,20,23,24);1H/b21-13-,22-14-;. The minimum atomic E-state index is 0. The zero-order valence-electron chi connectivity index (χ0n) is 15.8. The molecular formula is C19H24ClN5O2. The zero-order valence-corrected chi connectivity index (χ0v) is 16.6. The first-order chi connectivity index (χ1) is 12.5. The fourth-order valence-electron chi connectivity index (χ4n) is 2.08. The van der Waals surface area contributed by atoms with Gasteiger partial charge < -0.3 is 15.2 Å². The second-order valence-corrected chi connectivity index (χ2v) is 5.44. The summed E-state index contributed by atoms with van der Waals surface area (Å²) < 4.78 is 10.3. The Bertz CT molecular complexity index is 815. The average Bonchev–Trinajstić information content (AvgIpc) is 2.70. The first-order valence-electron chi connectivity index (χ1n) is 8.00. The van der Waals surface area contributed by atoms with Crippen LogP contribution in [0.3, 0.4) is 0 Å². The first kappa shape index (κ1) is 22.0. The second-order valence-electron chi connectivity index (χ2n) is 5.44. The molecule has 0 heterocycles. The van der Waals surface area contributed by atoms with E-state index >= 15 is 0 Å². The van der Waals surface area contributed by atoms with E-state index < -0.39 is 0 Å². The molecule has 0 saturated heterocycles. The third-order valence-electron chi connectivity index (χ3n) is 3.66. The summed E-state index contributed by atoms with van der Waals surface area (Å²) in [7, 11) is 3.25. The summed E-state index contributed by atoms with van der Waals surface area (Å²) in [5.41, 5.74) is 11.9. The number of hydrogen-bond acceptors (Lipinski definition) is 5. The molecule has 0 saturated carbocycles. The van der Waals surface area contributed by atoms with E-state index in [1.165, 1.54) is 0 Å². The van der Waals surface area contributed by atoms with Crippen LogP contribution in [-0.2, 0) is 0 Å². The smallest absolute Gasteiger partial charge is 0.234 e. The molecule has 0 aliphatic carbocycles. The Labute approximate surface area is 165 Å². The number of nitrogens with two attached hydrogens (primary N) is 1. The third kappa shape index (κ3) is 6.63. The van der Waals surface area contributed by atoms with Crippen LogP contribution in [0.25, 0.3) is 0 Å². The molecule has 2 aromatic carbocycles. The Morgan fingerprint density at radius 1 is 0.778 bits per heavy atom. The van der Waals surface area contributed by atoms with Gasteiger partial charge in [-0.05, 0) is 73.5 Å². The average molecular weight is 390 g/mol. The molecule has 0 radical (unpaired) electrons. The Hall–Kier alpha value is -3.06. The Kier molecular flexibility index (Phi) is 8.81. The van der Waals surface area contributed by atoms with E-state index in [-0.39, 0.29) is 18.4 Å². The van der Waals surface area contributed by atoms with E-state index in [1.807, 2.05) is 62.4 Å². The molecule has 8 heteroatoms. The van der Waals surface area contributed by atoms with Crippen molar-refractivity contribution in [3.63, 3.8) is 0 Å². The van der Waals surface area contributed by atoms with Crippen molar-refractivity contribution in [3.05, 3.63) is 59.7 Å². The lowest BCUT2D eigenvalue weighted by Gasteiger charge is -2.04. The molecule has 27 heavy (non-hydrogen) atoms. The van der Waals surface area contributed by atoms with Gasteiger partial charge in [-0.3, -0.25) is 0 Å². The first-order valence-corrected chi connectivity index (χ1v) is 8.00. The molecule has 2 aromatic rings. The number of methoxy groups -OCH3 is 2. The number of guanidine groups is 1. The monoisotopic (exact) mass is 389 g/mol. The molecule has 0 atom stereocenters. The quantitative estimate of drug-likeness (QED) is 0.450. The van der Waals surface area contributed by atoms with Gasteiger partial charge in [0.05, 0.1) is 25.6 Å². The van der Waals surface area contributed by atoms with Crippen molar-refractivity contribution in [1.82, 2.24) is 5.43 Å². The van der Waals surface area contributed by atoms with Crippen molar-refractivity contribution in [1.29, 1.82) is 0 Å². The molecule has 0 amide bonds. The predicted octanol–water partition coefficient (Wildman–Crippen LogP) is 3.18. The molecular weight excluding hydrogens is 366 g/mol. The number of nitrogens with one attached hydrogen (secondary N) is 1. The van der Waals surface area contributed by atoms with Crippen molar-refractivity contribution in [2.45, 2.75) is 13.8 Å². The number of ether oxygens (including phenoxy) is 2. The highest BCUT2D eigenvalue weighted by atomic mass is 35.5. The number of nitrogens with zero attached hydrogens (tertiary/aromatic N) is 3. The van der Waals surface area contributed by atoms with Gasteiger partial charge in [-0.15, -0.1) is 17.5 Å². The van der Waals surface area contributed by atoms with Gasteiger partial charge in [-0.25, -0.2) is 5.43 Å². The van der Waals surface area contributed by atoms with Gasteiger partial charge in [0, 0.05) is 0 Å². The summed E-state index contributed by atoms with van der Waals surface area (Å²) in [4.78, 5) is 0. The molecule has 2 rings (SSSR count). The van der Waals surface area contributed by atoms with E-state index in [9.17, 15) is 0 Å². The van der Waals surface area contributed by atoms with Gasteiger partial charge in [0.15, 0.2) is 0 Å². The van der Waals surface area contributed by atoms with Gasteiger partial charge >= 0.3 is 0 Å². The lowest BCUT2D eigenvalue weighted by Crippen LogP contribution is -2.27. The van der Waals surface area contributed by atoms with Crippen molar-refractivity contribution < 1.29 is 9.47 Å². The van der Waals surface area contributed by atoms with Crippen molar-refractivity contribution >= 4 is 29.8 Å². The van der Waals surface area contributed by atoms with Gasteiger partial charge in [0.2, 0.25) is 5.96 Å². The molecule has 0 aromatic heterocycles. The highest BCUT2D eigenvalue weighted by molar-refractivity contribution is 6.00. The minimum Gasteiger partial charge on any atom is -0.497 e. The summed E-state index contributed by atoms with van der Waals surface area (Å²) in [6.07, 6.45) is 0. The summed E-state index contributed by atoms with van der Waals surface area (Å²) in [5.74, 6) is 1.68. The van der Waals surface area contributed by atoms with Crippen LogP contribution in [-0.4, -0.2) is 31.6 Å². The van der Waals surface area contributed by atoms with Crippen LogP contribution in [0.5, 0.6) is 11.5 Å². The van der Waals surface area contributed by atoms with Crippen molar-refractivity contribution in [2.75, 3.05) is 14.2 Å². The zero-order chi connectivity index (χ0) is 18.9. The molecule has 0 fully saturated rings. The lowest BCUT2D eigenvalue weighted by molar-refractivity contribution is 0.414. The SMILES string of the molecule is COc1ccc(/C(C)=N\N=C(\N)N/N=C(/C)c2ccc(OC)cc2)cc1.Cl. The van der Waals surface area contributed by atoms with Crippen LogP contribution >= 0.6 is 12.4 Å². The van der Waals surface area contributed by atoms with E-state index in [0.29, 0.717) is 0 Å². The van der Waals surface area contributed by atoms with E-state index in [1.54, 1.807) is 14.2 Å². The molecule has 3 N–H and O–H groups in total.